The van der Waals surface area contributed by atoms with E-state index in [-0.39, 0.29) is 6.42 Å². The number of hydrogen-bond donors (Lipinski definition) is 2. The summed E-state index contributed by atoms with van der Waals surface area (Å²) >= 11 is 0. The van der Waals surface area contributed by atoms with Crippen LogP contribution in [0.15, 0.2) is 78.9 Å². The monoisotopic (exact) mass is 456 g/mol. The minimum Gasteiger partial charge on any atom is -0.481 e. The summed E-state index contributed by atoms with van der Waals surface area (Å²) in [5, 5.41) is 19.9. The first kappa shape index (κ1) is 22.7. The molecule has 1 unspecified atom stereocenters. The molecular formula is C26H24N4O4. The van der Waals surface area contributed by atoms with E-state index in [0.717, 1.165) is 27.8 Å². The van der Waals surface area contributed by atoms with Gasteiger partial charge >= 0.3 is 12.1 Å². The second kappa shape index (κ2) is 9.99. The second-order valence-corrected chi connectivity index (χ2v) is 7.84. The van der Waals surface area contributed by atoms with Gasteiger partial charge in [0.05, 0.1) is 6.42 Å². The van der Waals surface area contributed by atoms with E-state index in [1.54, 1.807) is 7.05 Å². The molecule has 34 heavy (non-hydrogen) atoms. The number of carbonyl (C=O) groups is 2. The van der Waals surface area contributed by atoms with Crippen LogP contribution < -0.4 is 5.32 Å². The van der Waals surface area contributed by atoms with E-state index in [4.69, 9.17) is 9.84 Å². The third-order valence-corrected chi connectivity index (χ3v) is 5.40. The molecule has 0 fully saturated rings. The molecule has 2 N–H and O–H groups in total. The number of rotatable bonds is 7. The van der Waals surface area contributed by atoms with Crippen LogP contribution in [0.5, 0.6) is 0 Å². The largest absolute Gasteiger partial charge is 0.481 e. The van der Waals surface area contributed by atoms with E-state index in [2.05, 4.69) is 15.6 Å². The highest BCUT2D eigenvalue weighted by molar-refractivity contribution is 5.89. The van der Waals surface area contributed by atoms with Crippen molar-refractivity contribution in [3.05, 3.63) is 90.0 Å². The summed E-state index contributed by atoms with van der Waals surface area (Å²) in [4.78, 5) is 23.4. The van der Waals surface area contributed by atoms with E-state index < -0.39 is 18.2 Å². The van der Waals surface area contributed by atoms with Crippen molar-refractivity contribution in [2.24, 2.45) is 7.05 Å². The van der Waals surface area contributed by atoms with Crippen LogP contribution in [0.2, 0.25) is 0 Å². The summed E-state index contributed by atoms with van der Waals surface area (Å²) in [5.74, 6) is -0.431. The van der Waals surface area contributed by atoms with Gasteiger partial charge in [0, 0.05) is 12.6 Å². The number of amides is 1. The van der Waals surface area contributed by atoms with E-state index >= 15 is 0 Å². The topological polar surface area (TPSA) is 106 Å². The molecule has 0 bridgehead atoms. The Morgan fingerprint density at radius 3 is 2.15 bits per heavy atom. The lowest BCUT2D eigenvalue weighted by Crippen LogP contribution is -2.18. The van der Waals surface area contributed by atoms with E-state index in [0.29, 0.717) is 11.5 Å². The molecule has 3 aromatic carbocycles. The first-order valence-corrected chi connectivity index (χ1v) is 10.7. The van der Waals surface area contributed by atoms with Crippen molar-refractivity contribution in [1.29, 1.82) is 0 Å². The summed E-state index contributed by atoms with van der Waals surface area (Å²) in [5.41, 5.74) is 4.89. The first-order valence-electron chi connectivity index (χ1n) is 10.7. The van der Waals surface area contributed by atoms with Crippen LogP contribution in [0.25, 0.3) is 22.4 Å². The van der Waals surface area contributed by atoms with Crippen molar-refractivity contribution in [3.8, 4) is 22.4 Å². The molecule has 0 radical (unpaired) electrons. The van der Waals surface area contributed by atoms with Gasteiger partial charge in [-0.15, -0.1) is 5.10 Å². The molecule has 4 aromatic rings. The van der Waals surface area contributed by atoms with Gasteiger partial charge < -0.3 is 9.84 Å². The zero-order chi connectivity index (χ0) is 24.1. The molecule has 0 aliphatic carbocycles. The number of aromatic nitrogens is 3. The number of aliphatic carboxylic acids is 1. The number of carboxylic acid groups (broad SMARTS) is 1. The number of carbonyl (C=O) groups excluding carboxylic acids is 1. The smallest absolute Gasteiger partial charge is 0.413 e. The normalized spacial score (nSPS) is 11.6. The summed E-state index contributed by atoms with van der Waals surface area (Å²) in [6.07, 6.45) is -1.01. The van der Waals surface area contributed by atoms with Crippen molar-refractivity contribution in [3.63, 3.8) is 0 Å². The van der Waals surface area contributed by atoms with Gasteiger partial charge in [-0.2, -0.15) is 0 Å². The van der Waals surface area contributed by atoms with Crippen molar-refractivity contribution in [2.45, 2.75) is 19.4 Å². The number of carboxylic acids is 1. The van der Waals surface area contributed by atoms with Gasteiger partial charge in [-0.1, -0.05) is 84.1 Å². The lowest BCUT2D eigenvalue weighted by atomic mass is 10.0. The highest BCUT2D eigenvalue weighted by Gasteiger charge is 2.18. The summed E-state index contributed by atoms with van der Waals surface area (Å²) in [6, 6.07) is 24.6. The molecule has 172 valence electrons. The highest BCUT2D eigenvalue weighted by Crippen LogP contribution is 2.29. The molecule has 1 amide bonds. The molecule has 0 aliphatic heterocycles. The van der Waals surface area contributed by atoms with Crippen LogP contribution in [-0.4, -0.2) is 32.2 Å². The van der Waals surface area contributed by atoms with Crippen LogP contribution in [0.1, 0.15) is 24.2 Å². The molecule has 1 aromatic heterocycles. The third kappa shape index (κ3) is 5.29. The molecule has 0 spiro atoms. The molecule has 8 nitrogen and oxygen atoms in total. The Labute approximate surface area is 196 Å². The number of nitrogens with zero attached hydrogens (tertiary/aromatic N) is 3. The molecule has 0 saturated heterocycles. The van der Waals surface area contributed by atoms with Gasteiger partial charge in [0.2, 0.25) is 0 Å². The van der Waals surface area contributed by atoms with Gasteiger partial charge in [-0.05, 0) is 29.2 Å². The van der Waals surface area contributed by atoms with E-state index in [1.165, 1.54) is 4.68 Å². The zero-order valence-corrected chi connectivity index (χ0v) is 18.8. The lowest BCUT2D eigenvalue weighted by Gasteiger charge is -2.14. The van der Waals surface area contributed by atoms with Gasteiger partial charge in [0.1, 0.15) is 11.8 Å². The maximum Gasteiger partial charge on any atom is 0.413 e. The number of nitrogens with one attached hydrogen (secondary N) is 1. The first-order chi connectivity index (χ1) is 16.4. The number of hydrogen-bond acceptors (Lipinski definition) is 5. The number of aryl methyl sites for hydroxylation is 1. The summed E-state index contributed by atoms with van der Waals surface area (Å²) in [6.45, 7) is 1.81. The fourth-order valence-electron chi connectivity index (χ4n) is 3.58. The zero-order valence-electron chi connectivity index (χ0n) is 18.8. The van der Waals surface area contributed by atoms with E-state index in [9.17, 15) is 9.59 Å². The van der Waals surface area contributed by atoms with Crippen molar-refractivity contribution in [1.82, 2.24) is 15.0 Å². The fraction of sp³-hybridized carbons (Fsp3) is 0.154. The van der Waals surface area contributed by atoms with Gasteiger partial charge in [0.25, 0.3) is 0 Å². The molecule has 0 aliphatic rings. The van der Waals surface area contributed by atoms with Gasteiger partial charge in [0.15, 0.2) is 5.82 Å². The molecule has 0 saturated carbocycles. The minimum absolute atomic E-state index is 0.00572. The Balaban J connectivity index is 1.48. The molecule has 1 atom stereocenters. The number of benzene rings is 3. The third-order valence-electron chi connectivity index (χ3n) is 5.40. The highest BCUT2D eigenvalue weighted by atomic mass is 16.6. The van der Waals surface area contributed by atoms with Crippen LogP contribution >= 0.6 is 0 Å². The molecule has 8 heteroatoms. The average Bonchev–Trinajstić information content (AvgIpc) is 3.19. The maximum absolute atomic E-state index is 12.5. The fourth-order valence-corrected chi connectivity index (χ4v) is 3.58. The Kier molecular flexibility index (Phi) is 6.68. The Bertz CT molecular complexity index is 1280. The quantitative estimate of drug-likeness (QED) is 0.401. The molecule has 1 heterocycles. The van der Waals surface area contributed by atoms with Crippen LogP contribution in [-0.2, 0) is 23.0 Å². The van der Waals surface area contributed by atoms with Crippen molar-refractivity contribution in [2.75, 3.05) is 5.32 Å². The Hall–Kier alpha value is -4.46. The molecule has 4 rings (SSSR count). The summed E-state index contributed by atoms with van der Waals surface area (Å²) < 4.78 is 7.00. The predicted molar refractivity (Wildman–Crippen MR) is 128 cm³/mol. The molecular weight excluding hydrogens is 432 g/mol. The summed E-state index contributed by atoms with van der Waals surface area (Å²) in [7, 11) is 1.69. The second-order valence-electron chi connectivity index (χ2n) is 7.84. The average molecular weight is 457 g/mol. The number of anilines is 1. The van der Waals surface area contributed by atoms with Gasteiger partial charge in [-0.3, -0.25) is 10.1 Å². The van der Waals surface area contributed by atoms with Crippen LogP contribution in [0, 0.1) is 0 Å². The van der Waals surface area contributed by atoms with Crippen LogP contribution in [0.3, 0.4) is 0 Å². The van der Waals surface area contributed by atoms with Crippen molar-refractivity contribution < 1.29 is 19.4 Å². The Morgan fingerprint density at radius 2 is 1.53 bits per heavy atom. The Morgan fingerprint density at radius 1 is 0.941 bits per heavy atom. The van der Waals surface area contributed by atoms with Crippen molar-refractivity contribution >= 4 is 17.9 Å². The predicted octanol–water partition coefficient (Wildman–Crippen LogP) is 5.09. The van der Waals surface area contributed by atoms with Gasteiger partial charge in [-0.25, -0.2) is 9.48 Å². The lowest BCUT2D eigenvalue weighted by molar-refractivity contribution is -0.136. The SMILES string of the molecule is CC(OC(=O)Nc1c(-c2ccc(-c3ccc(CC(=O)O)cc3)cc2)nnn1C)c1ccccc1. The minimum atomic E-state index is -0.858. The standard InChI is InChI=1S/C26H24N4O4/c1-17(19-6-4-3-5-7-19)34-26(33)27-25-24(28-29-30(25)2)22-14-12-21(13-15-22)20-10-8-18(9-11-20)16-23(31)32/h3-15,17H,16H2,1-2H3,(H,27,33)(H,31,32). The number of ether oxygens (including phenoxy) is 1. The van der Waals surface area contributed by atoms with E-state index in [1.807, 2.05) is 85.8 Å². The van der Waals surface area contributed by atoms with Crippen LogP contribution in [0.4, 0.5) is 10.6 Å². The maximum atomic E-state index is 12.5.